The van der Waals surface area contributed by atoms with Crippen molar-refractivity contribution in [2.24, 2.45) is 0 Å². The summed E-state index contributed by atoms with van der Waals surface area (Å²) in [5, 5.41) is 10.1. The molecule has 0 saturated heterocycles. The molecule has 0 aliphatic heterocycles. The fourth-order valence-corrected chi connectivity index (χ4v) is 3.06. The maximum absolute atomic E-state index is 11.5. The van der Waals surface area contributed by atoms with Crippen LogP contribution in [-0.2, 0) is 0 Å². The fraction of sp³-hybridized carbons (Fsp3) is 0.0588. The van der Waals surface area contributed by atoms with Gasteiger partial charge in [0.2, 0.25) is 0 Å². The minimum Gasteiger partial charge on any atom is -0.477 e. The van der Waals surface area contributed by atoms with Crippen LogP contribution in [0.1, 0.15) is 9.67 Å². The van der Waals surface area contributed by atoms with Gasteiger partial charge >= 0.3 is 5.97 Å². The fourth-order valence-electron chi connectivity index (χ4n) is 2.15. The van der Waals surface area contributed by atoms with Gasteiger partial charge in [-0.05, 0) is 12.1 Å². The second-order valence-electron chi connectivity index (χ2n) is 4.74. The van der Waals surface area contributed by atoms with Gasteiger partial charge < -0.3 is 10.0 Å². The van der Waals surface area contributed by atoms with Gasteiger partial charge in [-0.25, -0.2) is 9.78 Å². The maximum Gasteiger partial charge on any atom is 0.348 e. The summed E-state index contributed by atoms with van der Waals surface area (Å²) in [6.45, 7) is 0. The number of anilines is 2. The number of carboxylic acids is 1. The van der Waals surface area contributed by atoms with Gasteiger partial charge in [0.15, 0.2) is 5.13 Å². The Morgan fingerprint density at radius 1 is 1.05 bits per heavy atom. The number of nitrogens with zero attached hydrogens (tertiary/aromatic N) is 2. The number of hydrogen-bond donors (Lipinski definition) is 1. The minimum atomic E-state index is -0.955. The summed E-state index contributed by atoms with van der Waals surface area (Å²) in [4.78, 5) is 18.2. The number of benzene rings is 2. The first-order valence-electron chi connectivity index (χ1n) is 6.75. The highest BCUT2D eigenvalue weighted by molar-refractivity contribution is 7.18. The molecule has 1 N–H and O–H groups in total. The summed E-state index contributed by atoms with van der Waals surface area (Å²) in [7, 11) is 1.88. The molecule has 3 rings (SSSR count). The third kappa shape index (κ3) is 2.71. The van der Waals surface area contributed by atoms with E-state index in [0.717, 1.165) is 11.3 Å². The van der Waals surface area contributed by atoms with E-state index in [2.05, 4.69) is 4.98 Å². The van der Waals surface area contributed by atoms with Crippen LogP contribution < -0.4 is 4.90 Å². The number of carboxylic acid groups (broad SMARTS) is 1. The lowest BCUT2D eigenvalue weighted by atomic mass is 10.1. The van der Waals surface area contributed by atoms with Crippen LogP contribution in [0.25, 0.3) is 11.3 Å². The highest BCUT2D eigenvalue weighted by Crippen LogP contribution is 2.35. The molecule has 1 heterocycles. The average molecular weight is 310 g/mol. The van der Waals surface area contributed by atoms with E-state index in [1.165, 1.54) is 11.3 Å². The lowest BCUT2D eigenvalue weighted by Crippen LogP contribution is -2.08. The van der Waals surface area contributed by atoms with E-state index in [-0.39, 0.29) is 4.88 Å². The van der Waals surface area contributed by atoms with Crippen molar-refractivity contribution in [1.82, 2.24) is 4.98 Å². The third-order valence-electron chi connectivity index (χ3n) is 3.29. The summed E-state index contributed by atoms with van der Waals surface area (Å²) < 4.78 is 0. The third-order valence-corrected chi connectivity index (χ3v) is 4.41. The zero-order valence-electron chi connectivity index (χ0n) is 11.9. The van der Waals surface area contributed by atoms with E-state index in [1.54, 1.807) is 0 Å². The molecule has 2 aromatic carbocycles. The smallest absolute Gasteiger partial charge is 0.348 e. The van der Waals surface area contributed by atoms with Crippen LogP contribution >= 0.6 is 11.3 Å². The molecule has 0 amide bonds. The Labute approximate surface area is 132 Å². The van der Waals surface area contributed by atoms with Gasteiger partial charge in [-0.3, -0.25) is 0 Å². The molecule has 110 valence electrons. The first-order chi connectivity index (χ1) is 10.7. The molecule has 0 aliphatic rings. The van der Waals surface area contributed by atoms with Crippen LogP contribution in [0.2, 0.25) is 0 Å². The second kappa shape index (κ2) is 5.99. The summed E-state index contributed by atoms with van der Waals surface area (Å²) >= 11 is 1.18. The maximum atomic E-state index is 11.5. The molecule has 1 aromatic heterocycles. The SMILES string of the molecule is CN(c1ccccc1)c1nc(-c2ccccc2)c(C(=O)O)s1. The molecule has 0 atom stereocenters. The van der Waals surface area contributed by atoms with Gasteiger partial charge in [0.1, 0.15) is 4.88 Å². The first-order valence-corrected chi connectivity index (χ1v) is 7.57. The van der Waals surface area contributed by atoms with E-state index in [9.17, 15) is 9.90 Å². The van der Waals surface area contributed by atoms with Crippen LogP contribution in [0.5, 0.6) is 0 Å². The molecule has 0 saturated carbocycles. The van der Waals surface area contributed by atoms with Gasteiger partial charge in [0, 0.05) is 18.3 Å². The van der Waals surface area contributed by atoms with Crippen LogP contribution in [0.15, 0.2) is 60.7 Å². The van der Waals surface area contributed by atoms with Crippen molar-refractivity contribution >= 4 is 28.1 Å². The van der Waals surface area contributed by atoms with Crippen LogP contribution in [0.4, 0.5) is 10.8 Å². The Morgan fingerprint density at radius 3 is 2.23 bits per heavy atom. The van der Waals surface area contributed by atoms with E-state index in [1.807, 2.05) is 72.6 Å². The van der Waals surface area contributed by atoms with Gasteiger partial charge in [0.25, 0.3) is 0 Å². The van der Waals surface area contributed by atoms with Crippen molar-refractivity contribution in [1.29, 1.82) is 0 Å². The summed E-state index contributed by atoms with van der Waals surface area (Å²) in [5.41, 5.74) is 2.28. The standard InChI is InChI=1S/C17H14N2O2S/c1-19(13-10-6-3-7-11-13)17-18-14(15(22-17)16(20)21)12-8-4-2-5-9-12/h2-11H,1H3,(H,20,21). The highest BCUT2D eigenvalue weighted by Gasteiger charge is 2.20. The van der Waals surface area contributed by atoms with E-state index < -0.39 is 5.97 Å². The summed E-state index contributed by atoms with van der Waals surface area (Å²) in [6, 6.07) is 19.1. The predicted octanol–water partition coefficient (Wildman–Crippen LogP) is 4.28. The number of hydrogen-bond acceptors (Lipinski definition) is 4. The van der Waals surface area contributed by atoms with E-state index >= 15 is 0 Å². The number of carbonyl (C=O) groups is 1. The van der Waals surface area contributed by atoms with Crippen LogP contribution in [0.3, 0.4) is 0 Å². The van der Waals surface area contributed by atoms with E-state index in [4.69, 9.17) is 0 Å². The number of thiazole rings is 1. The molecular formula is C17H14N2O2S. The van der Waals surface area contributed by atoms with E-state index in [0.29, 0.717) is 10.8 Å². The lowest BCUT2D eigenvalue weighted by Gasteiger charge is -2.15. The minimum absolute atomic E-state index is 0.254. The molecule has 4 nitrogen and oxygen atoms in total. The number of rotatable bonds is 4. The first kappa shape index (κ1) is 14.3. The van der Waals surface area contributed by atoms with Gasteiger partial charge in [-0.2, -0.15) is 0 Å². The van der Waals surface area contributed by atoms with Crippen LogP contribution in [-0.4, -0.2) is 23.1 Å². The largest absolute Gasteiger partial charge is 0.477 e. The highest BCUT2D eigenvalue weighted by atomic mass is 32.1. The van der Waals surface area contributed by atoms with Crippen molar-refractivity contribution in [3.8, 4) is 11.3 Å². The Kier molecular flexibility index (Phi) is 3.89. The molecular weight excluding hydrogens is 296 g/mol. The zero-order valence-corrected chi connectivity index (χ0v) is 12.7. The lowest BCUT2D eigenvalue weighted by molar-refractivity contribution is 0.0702. The topological polar surface area (TPSA) is 53.4 Å². The Balaban J connectivity index is 2.06. The Morgan fingerprint density at radius 2 is 1.64 bits per heavy atom. The quantitative estimate of drug-likeness (QED) is 0.781. The summed E-state index contributed by atoms with van der Waals surface area (Å²) in [6.07, 6.45) is 0. The van der Waals surface area contributed by atoms with Crippen molar-refractivity contribution in [3.63, 3.8) is 0 Å². The predicted molar refractivity (Wildman–Crippen MR) is 89.0 cm³/mol. The number of aromatic nitrogens is 1. The van der Waals surface area contributed by atoms with Gasteiger partial charge in [0.05, 0.1) is 5.69 Å². The molecule has 5 heteroatoms. The monoisotopic (exact) mass is 310 g/mol. The Hall–Kier alpha value is -2.66. The number of para-hydroxylation sites is 1. The van der Waals surface area contributed by atoms with Crippen molar-refractivity contribution in [2.45, 2.75) is 0 Å². The van der Waals surface area contributed by atoms with Crippen molar-refractivity contribution in [2.75, 3.05) is 11.9 Å². The van der Waals surface area contributed by atoms with Crippen molar-refractivity contribution in [3.05, 3.63) is 65.5 Å². The molecule has 0 unspecified atom stereocenters. The molecule has 0 spiro atoms. The summed E-state index contributed by atoms with van der Waals surface area (Å²) in [5.74, 6) is -0.955. The second-order valence-corrected chi connectivity index (χ2v) is 5.72. The molecule has 0 aliphatic carbocycles. The van der Waals surface area contributed by atoms with Gasteiger partial charge in [-0.15, -0.1) is 0 Å². The zero-order chi connectivity index (χ0) is 15.5. The molecule has 0 fully saturated rings. The van der Waals surface area contributed by atoms with Gasteiger partial charge in [-0.1, -0.05) is 59.9 Å². The molecule has 22 heavy (non-hydrogen) atoms. The average Bonchev–Trinajstić information content (AvgIpc) is 3.01. The molecule has 3 aromatic rings. The van der Waals surface area contributed by atoms with Crippen molar-refractivity contribution < 1.29 is 9.90 Å². The number of aromatic carboxylic acids is 1. The Bertz CT molecular complexity index is 785. The van der Waals surface area contributed by atoms with Crippen LogP contribution in [0, 0.1) is 0 Å². The molecule has 0 bridgehead atoms. The molecule has 0 radical (unpaired) electrons. The normalized spacial score (nSPS) is 10.4.